The molecular formula is C30H28ClN3O4S. The molecule has 0 aliphatic carbocycles. The quantitative estimate of drug-likeness (QED) is 0.263. The third-order valence-electron chi connectivity index (χ3n) is 6.15. The predicted molar refractivity (Wildman–Crippen MR) is 155 cm³/mol. The van der Waals surface area contributed by atoms with Crippen molar-refractivity contribution in [3.63, 3.8) is 0 Å². The van der Waals surface area contributed by atoms with Crippen LogP contribution in [-0.4, -0.2) is 26.8 Å². The Labute approximate surface area is 233 Å². The molecule has 0 spiro atoms. The molecule has 7 nitrogen and oxygen atoms in total. The second kappa shape index (κ2) is 12.1. The fourth-order valence-electron chi connectivity index (χ4n) is 4.08. The summed E-state index contributed by atoms with van der Waals surface area (Å²) in [6.07, 6.45) is 0. The zero-order chi connectivity index (χ0) is 28.0. The number of anilines is 2. The molecule has 0 aliphatic heterocycles. The third kappa shape index (κ3) is 6.66. The fourth-order valence-corrected chi connectivity index (χ4v) is 5.75. The fraction of sp³-hybridized carbons (Fsp3) is 0.133. The molecule has 4 aromatic carbocycles. The first kappa shape index (κ1) is 27.9. The molecule has 1 atom stereocenters. The van der Waals surface area contributed by atoms with Gasteiger partial charge in [0.2, 0.25) is 5.91 Å². The van der Waals surface area contributed by atoms with Gasteiger partial charge in [0.15, 0.2) is 0 Å². The Morgan fingerprint density at radius 2 is 1.49 bits per heavy atom. The highest BCUT2D eigenvalue weighted by Gasteiger charge is 2.29. The maximum Gasteiger partial charge on any atom is 0.264 e. The number of hydrogen-bond donors (Lipinski definition) is 2. The molecule has 9 heteroatoms. The van der Waals surface area contributed by atoms with Gasteiger partial charge in [0.05, 0.1) is 27.9 Å². The van der Waals surface area contributed by atoms with Crippen LogP contribution >= 0.6 is 11.6 Å². The molecule has 0 aliphatic rings. The van der Waals surface area contributed by atoms with Gasteiger partial charge in [0, 0.05) is 5.02 Å². The highest BCUT2D eigenvalue weighted by Crippen LogP contribution is 2.29. The Morgan fingerprint density at radius 1 is 0.872 bits per heavy atom. The Balaban J connectivity index is 1.60. The van der Waals surface area contributed by atoms with E-state index in [1.807, 2.05) is 37.3 Å². The lowest BCUT2D eigenvalue weighted by Gasteiger charge is -2.26. The van der Waals surface area contributed by atoms with Crippen molar-refractivity contribution in [2.24, 2.45) is 0 Å². The number of aryl methyl sites for hydroxylation is 1. The molecule has 0 heterocycles. The SMILES string of the molecule is Cc1ccc(Cl)cc1N(CC(=O)Nc1ccccc1C(=O)N[C@H](C)c1ccccc1)S(=O)(=O)c1ccccc1. The lowest BCUT2D eigenvalue weighted by atomic mass is 10.1. The number of sulfonamides is 1. The van der Waals surface area contributed by atoms with Crippen LogP contribution in [0.25, 0.3) is 0 Å². The van der Waals surface area contributed by atoms with Gasteiger partial charge in [-0.2, -0.15) is 0 Å². The van der Waals surface area contributed by atoms with Gasteiger partial charge in [-0.15, -0.1) is 0 Å². The molecule has 0 aromatic heterocycles. The van der Waals surface area contributed by atoms with Crippen molar-refractivity contribution >= 4 is 44.8 Å². The average Bonchev–Trinajstić information content (AvgIpc) is 2.94. The molecule has 4 rings (SSSR count). The molecule has 2 amide bonds. The number of carbonyl (C=O) groups is 2. The smallest absolute Gasteiger partial charge is 0.264 e. The number of nitrogens with one attached hydrogen (secondary N) is 2. The van der Waals surface area contributed by atoms with E-state index in [-0.39, 0.29) is 33.8 Å². The maximum absolute atomic E-state index is 13.7. The summed E-state index contributed by atoms with van der Waals surface area (Å²) in [5.74, 6) is -0.994. The lowest BCUT2D eigenvalue weighted by molar-refractivity contribution is -0.114. The van der Waals surface area contributed by atoms with E-state index in [9.17, 15) is 18.0 Å². The van der Waals surface area contributed by atoms with Crippen LogP contribution in [0.3, 0.4) is 0 Å². The van der Waals surface area contributed by atoms with Crippen LogP contribution in [0.2, 0.25) is 5.02 Å². The largest absolute Gasteiger partial charge is 0.345 e. The van der Waals surface area contributed by atoms with Crippen molar-refractivity contribution in [2.75, 3.05) is 16.2 Å². The first-order chi connectivity index (χ1) is 18.7. The number of nitrogens with zero attached hydrogens (tertiary/aromatic N) is 1. The average molecular weight is 562 g/mol. The minimum atomic E-state index is -4.12. The number of hydrogen-bond acceptors (Lipinski definition) is 4. The van der Waals surface area contributed by atoms with Crippen LogP contribution in [0.1, 0.15) is 34.5 Å². The van der Waals surface area contributed by atoms with E-state index in [0.29, 0.717) is 10.6 Å². The number of amides is 2. The second-order valence-electron chi connectivity index (χ2n) is 8.96. The topological polar surface area (TPSA) is 95.6 Å². The molecule has 200 valence electrons. The minimum absolute atomic E-state index is 0.0341. The Morgan fingerprint density at radius 3 is 2.18 bits per heavy atom. The van der Waals surface area contributed by atoms with Gasteiger partial charge in [-0.1, -0.05) is 78.3 Å². The third-order valence-corrected chi connectivity index (χ3v) is 8.16. The van der Waals surface area contributed by atoms with Crippen LogP contribution in [0.4, 0.5) is 11.4 Å². The summed E-state index contributed by atoms with van der Waals surface area (Å²) in [4.78, 5) is 26.5. The number of benzene rings is 4. The summed E-state index contributed by atoms with van der Waals surface area (Å²) in [5.41, 5.74) is 2.36. The van der Waals surface area contributed by atoms with Gasteiger partial charge in [-0.3, -0.25) is 13.9 Å². The van der Waals surface area contributed by atoms with Crippen LogP contribution in [0, 0.1) is 6.92 Å². The number of carbonyl (C=O) groups excluding carboxylic acids is 2. The molecule has 0 saturated heterocycles. The van der Waals surface area contributed by atoms with E-state index in [1.165, 1.54) is 18.2 Å². The van der Waals surface area contributed by atoms with E-state index in [2.05, 4.69) is 10.6 Å². The number of rotatable bonds is 9. The highest BCUT2D eigenvalue weighted by molar-refractivity contribution is 7.92. The number of halogens is 1. The highest BCUT2D eigenvalue weighted by atomic mass is 35.5. The molecule has 0 saturated carbocycles. The minimum Gasteiger partial charge on any atom is -0.345 e. The van der Waals surface area contributed by atoms with Gasteiger partial charge in [-0.05, 0) is 61.4 Å². The number of para-hydroxylation sites is 1. The first-order valence-corrected chi connectivity index (χ1v) is 14.1. The zero-order valence-electron chi connectivity index (χ0n) is 21.5. The summed E-state index contributed by atoms with van der Waals surface area (Å²) in [7, 11) is -4.12. The molecular weight excluding hydrogens is 534 g/mol. The first-order valence-electron chi connectivity index (χ1n) is 12.3. The van der Waals surface area contributed by atoms with Crippen molar-refractivity contribution in [1.29, 1.82) is 0 Å². The molecule has 0 bridgehead atoms. The van der Waals surface area contributed by atoms with Crippen LogP contribution in [0.5, 0.6) is 0 Å². The van der Waals surface area contributed by atoms with Crippen molar-refractivity contribution in [3.8, 4) is 0 Å². The molecule has 4 aromatic rings. The second-order valence-corrected chi connectivity index (χ2v) is 11.3. The van der Waals surface area contributed by atoms with Crippen LogP contribution in [-0.2, 0) is 14.8 Å². The van der Waals surface area contributed by atoms with E-state index >= 15 is 0 Å². The standard InChI is InChI=1S/C30H28ClN3O4S/c1-21-17-18-24(31)19-28(21)34(39(37,38)25-13-7-4-8-14-25)20-29(35)33-27-16-10-9-15-26(27)30(36)32-22(2)23-11-5-3-6-12-23/h3-19,22H,20H2,1-2H3,(H,32,36)(H,33,35)/t22-/m1/s1. The molecule has 0 radical (unpaired) electrons. The van der Waals surface area contributed by atoms with Crippen molar-refractivity contribution < 1.29 is 18.0 Å². The van der Waals surface area contributed by atoms with Gasteiger partial charge in [-0.25, -0.2) is 8.42 Å². The van der Waals surface area contributed by atoms with Gasteiger partial charge >= 0.3 is 0 Å². The Hall–Kier alpha value is -4.14. The maximum atomic E-state index is 13.7. The molecule has 2 N–H and O–H groups in total. The Kier molecular flexibility index (Phi) is 8.69. The zero-order valence-corrected chi connectivity index (χ0v) is 23.0. The molecule has 0 unspecified atom stereocenters. The summed E-state index contributed by atoms with van der Waals surface area (Å²) in [6.45, 7) is 3.08. The Bertz CT molecular complexity index is 1580. The molecule has 39 heavy (non-hydrogen) atoms. The van der Waals surface area contributed by atoms with E-state index < -0.39 is 22.5 Å². The summed E-state index contributed by atoms with van der Waals surface area (Å²) < 4.78 is 28.3. The molecule has 0 fully saturated rings. The lowest BCUT2D eigenvalue weighted by Crippen LogP contribution is -2.39. The van der Waals surface area contributed by atoms with Crippen molar-refractivity contribution in [1.82, 2.24) is 5.32 Å². The van der Waals surface area contributed by atoms with Crippen molar-refractivity contribution in [3.05, 3.63) is 125 Å². The van der Waals surface area contributed by atoms with Gasteiger partial charge in [0.25, 0.3) is 15.9 Å². The van der Waals surface area contributed by atoms with Crippen molar-refractivity contribution in [2.45, 2.75) is 24.8 Å². The summed E-state index contributed by atoms with van der Waals surface area (Å²) >= 11 is 6.20. The monoisotopic (exact) mass is 561 g/mol. The normalized spacial score (nSPS) is 11.9. The van der Waals surface area contributed by atoms with Gasteiger partial charge < -0.3 is 10.6 Å². The van der Waals surface area contributed by atoms with E-state index in [4.69, 9.17) is 11.6 Å². The van der Waals surface area contributed by atoms with Crippen LogP contribution in [0.15, 0.2) is 108 Å². The summed E-state index contributed by atoms with van der Waals surface area (Å²) in [5, 5.41) is 6.00. The van der Waals surface area contributed by atoms with Gasteiger partial charge in [0.1, 0.15) is 6.54 Å². The summed E-state index contributed by atoms with van der Waals surface area (Å²) in [6, 6.07) is 28.5. The van der Waals surface area contributed by atoms with Crippen LogP contribution < -0.4 is 14.9 Å². The predicted octanol–water partition coefficient (Wildman–Crippen LogP) is 5.97. The van der Waals surface area contributed by atoms with E-state index in [0.717, 1.165) is 9.87 Å². The van der Waals surface area contributed by atoms with E-state index in [1.54, 1.807) is 61.5 Å².